The summed E-state index contributed by atoms with van der Waals surface area (Å²) in [6.45, 7) is 0.812. The van der Waals surface area contributed by atoms with Crippen LogP contribution >= 0.6 is 0 Å². The van der Waals surface area contributed by atoms with E-state index in [-0.39, 0.29) is 23.9 Å². The van der Waals surface area contributed by atoms with Crippen LogP contribution in [-0.4, -0.2) is 36.0 Å². The summed E-state index contributed by atoms with van der Waals surface area (Å²) in [5.41, 5.74) is 5.55. The van der Waals surface area contributed by atoms with E-state index in [0.717, 1.165) is 0 Å². The van der Waals surface area contributed by atoms with Crippen LogP contribution in [0.25, 0.3) is 0 Å². The SMILES string of the molecule is NC(=O)[C@@H](Cc1ccccc1[N+](=O)[O-])NC(=O)[C@H]1CCOC1. The Morgan fingerprint density at radius 3 is 2.77 bits per heavy atom. The van der Waals surface area contributed by atoms with Gasteiger partial charge in [-0.2, -0.15) is 0 Å². The fourth-order valence-corrected chi connectivity index (χ4v) is 2.34. The molecule has 0 unspecified atom stereocenters. The van der Waals surface area contributed by atoms with Crippen molar-refractivity contribution in [2.75, 3.05) is 13.2 Å². The quantitative estimate of drug-likeness (QED) is 0.571. The summed E-state index contributed by atoms with van der Waals surface area (Å²) in [4.78, 5) is 34.0. The van der Waals surface area contributed by atoms with Gasteiger partial charge in [-0.3, -0.25) is 19.7 Å². The smallest absolute Gasteiger partial charge is 0.272 e. The Labute approximate surface area is 126 Å². The molecule has 0 aromatic heterocycles. The van der Waals surface area contributed by atoms with Crippen LogP contribution in [0.2, 0.25) is 0 Å². The maximum absolute atomic E-state index is 12.0. The third-order valence-corrected chi connectivity index (χ3v) is 3.57. The van der Waals surface area contributed by atoms with E-state index in [1.54, 1.807) is 12.1 Å². The Morgan fingerprint density at radius 1 is 1.45 bits per heavy atom. The molecule has 1 aromatic rings. The van der Waals surface area contributed by atoms with Crippen molar-refractivity contribution in [2.24, 2.45) is 11.7 Å². The molecule has 8 nitrogen and oxygen atoms in total. The van der Waals surface area contributed by atoms with Gasteiger partial charge in [-0.15, -0.1) is 0 Å². The minimum Gasteiger partial charge on any atom is -0.381 e. The van der Waals surface area contributed by atoms with Gasteiger partial charge in [0.1, 0.15) is 6.04 Å². The Morgan fingerprint density at radius 2 is 2.18 bits per heavy atom. The molecule has 2 rings (SSSR count). The molecule has 1 aliphatic heterocycles. The number of nitrogens with two attached hydrogens (primary N) is 1. The number of nitrogens with one attached hydrogen (secondary N) is 1. The Bertz CT molecular complexity index is 584. The molecule has 0 radical (unpaired) electrons. The highest BCUT2D eigenvalue weighted by atomic mass is 16.6. The Balaban J connectivity index is 2.10. The number of nitro benzene ring substituents is 1. The first-order chi connectivity index (χ1) is 10.5. The van der Waals surface area contributed by atoms with Crippen molar-refractivity contribution in [1.82, 2.24) is 5.32 Å². The number of primary amides is 1. The molecular weight excluding hydrogens is 290 g/mol. The summed E-state index contributed by atoms with van der Waals surface area (Å²) >= 11 is 0. The first-order valence-corrected chi connectivity index (χ1v) is 6.88. The molecule has 1 heterocycles. The molecule has 1 aromatic carbocycles. The lowest BCUT2D eigenvalue weighted by molar-refractivity contribution is -0.385. The molecule has 3 N–H and O–H groups in total. The van der Waals surface area contributed by atoms with Gasteiger partial charge in [0, 0.05) is 24.7 Å². The normalized spacial score (nSPS) is 18.6. The van der Waals surface area contributed by atoms with Crippen molar-refractivity contribution < 1.29 is 19.2 Å². The van der Waals surface area contributed by atoms with E-state index in [1.165, 1.54) is 12.1 Å². The van der Waals surface area contributed by atoms with Gasteiger partial charge in [0.15, 0.2) is 0 Å². The molecule has 1 saturated heterocycles. The van der Waals surface area contributed by atoms with Gasteiger partial charge in [-0.1, -0.05) is 18.2 Å². The maximum Gasteiger partial charge on any atom is 0.272 e. The van der Waals surface area contributed by atoms with E-state index in [2.05, 4.69) is 5.32 Å². The number of nitro groups is 1. The number of amides is 2. The topological polar surface area (TPSA) is 125 Å². The second kappa shape index (κ2) is 6.99. The summed E-state index contributed by atoms with van der Waals surface area (Å²) < 4.78 is 5.12. The Hall–Kier alpha value is -2.48. The fourth-order valence-electron chi connectivity index (χ4n) is 2.34. The van der Waals surface area contributed by atoms with Crippen LogP contribution in [-0.2, 0) is 20.7 Å². The fraction of sp³-hybridized carbons (Fsp3) is 0.429. The second-order valence-electron chi connectivity index (χ2n) is 5.11. The maximum atomic E-state index is 12.0. The number of hydrogen-bond acceptors (Lipinski definition) is 5. The van der Waals surface area contributed by atoms with Crippen molar-refractivity contribution in [3.05, 3.63) is 39.9 Å². The minimum absolute atomic E-state index is 0.0220. The number of benzene rings is 1. The van der Waals surface area contributed by atoms with Gasteiger partial charge in [0.25, 0.3) is 5.69 Å². The summed E-state index contributed by atoms with van der Waals surface area (Å²) in [7, 11) is 0. The van der Waals surface area contributed by atoms with Crippen LogP contribution in [0.5, 0.6) is 0 Å². The lowest BCUT2D eigenvalue weighted by Crippen LogP contribution is -2.48. The van der Waals surface area contributed by atoms with E-state index in [0.29, 0.717) is 25.2 Å². The number of para-hydroxylation sites is 1. The average molecular weight is 307 g/mol. The number of carbonyl (C=O) groups excluding carboxylic acids is 2. The average Bonchev–Trinajstić information content (AvgIpc) is 3.01. The van der Waals surface area contributed by atoms with Crippen LogP contribution in [0.15, 0.2) is 24.3 Å². The van der Waals surface area contributed by atoms with Crippen LogP contribution in [0.3, 0.4) is 0 Å². The second-order valence-corrected chi connectivity index (χ2v) is 5.11. The third kappa shape index (κ3) is 3.79. The molecule has 8 heteroatoms. The molecule has 2 amide bonds. The third-order valence-electron chi connectivity index (χ3n) is 3.57. The molecule has 1 aliphatic rings. The van der Waals surface area contributed by atoms with Crippen molar-refractivity contribution in [3.63, 3.8) is 0 Å². The van der Waals surface area contributed by atoms with E-state index in [9.17, 15) is 19.7 Å². The van der Waals surface area contributed by atoms with E-state index >= 15 is 0 Å². The molecule has 22 heavy (non-hydrogen) atoms. The van der Waals surface area contributed by atoms with Gasteiger partial charge in [-0.05, 0) is 6.42 Å². The number of hydrogen-bond donors (Lipinski definition) is 2. The summed E-state index contributed by atoms with van der Waals surface area (Å²) in [5, 5.41) is 13.5. The molecular formula is C14H17N3O5. The molecule has 0 aliphatic carbocycles. The van der Waals surface area contributed by atoms with E-state index < -0.39 is 16.9 Å². The van der Waals surface area contributed by atoms with Crippen molar-refractivity contribution in [2.45, 2.75) is 18.9 Å². The zero-order valence-electron chi connectivity index (χ0n) is 11.9. The van der Waals surface area contributed by atoms with Crippen molar-refractivity contribution in [3.8, 4) is 0 Å². The van der Waals surface area contributed by atoms with Gasteiger partial charge in [0.05, 0.1) is 17.4 Å². The molecule has 0 spiro atoms. The Kier molecular flexibility index (Phi) is 5.05. The predicted octanol–water partition coefficient (Wildman–Crippen LogP) is 0.144. The summed E-state index contributed by atoms with van der Waals surface area (Å²) in [6, 6.07) is 5.07. The van der Waals surface area contributed by atoms with Gasteiger partial charge in [-0.25, -0.2) is 0 Å². The van der Waals surface area contributed by atoms with Crippen LogP contribution in [0.1, 0.15) is 12.0 Å². The van der Waals surface area contributed by atoms with Crippen LogP contribution < -0.4 is 11.1 Å². The number of rotatable bonds is 6. The monoisotopic (exact) mass is 307 g/mol. The highest BCUT2D eigenvalue weighted by Gasteiger charge is 2.28. The lowest BCUT2D eigenvalue weighted by Gasteiger charge is -2.17. The zero-order chi connectivity index (χ0) is 16.1. The zero-order valence-corrected chi connectivity index (χ0v) is 11.9. The molecule has 1 fully saturated rings. The first kappa shape index (κ1) is 15.9. The molecule has 0 saturated carbocycles. The molecule has 2 atom stereocenters. The predicted molar refractivity (Wildman–Crippen MR) is 76.9 cm³/mol. The van der Waals surface area contributed by atoms with E-state index in [1.807, 2.05) is 0 Å². The molecule has 118 valence electrons. The van der Waals surface area contributed by atoms with Gasteiger partial charge in [0.2, 0.25) is 11.8 Å². The first-order valence-electron chi connectivity index (χ1n) is 6.88. The minimum atomic E-state index is -0.991. The van der Waals surface area contributed by atoms with Gasteiger partial charge >= 0.3 is 0 Å². The number of nitrogens with zero attached hydrogens (tertiary/aromatic N) is 1. The summed E-state index contributed by atoms with van der Waals surface area (Å²) in [5.74, 6) is -1.36. The number of ether oxygens (including phenoxy) is 1. The standard InChI is InChI=1S/C14H17N3O5/c15-13(18)11(16-14(19)10-5-6-22-8-10)7-9-3-1-2-4-12(9)17(20)21/h1-4,10-11H,5-8H2,(H2,15,18)(H,16,19)/t10-,11+/m0/s1. The lowest BCUT2D eigenvalue weighted by atomic mass is 10.0. The highest BCUT2D eigenvalue weighted by molar-refractivity contribution is 5.88. The summed E-state index contributed by atoms with van der Waals surface area (Å²) in [6.07, 6.45) is 0.564. The van der Waals surface area contributed by atoms with Crippen LogP contribution in [0, 0.1) is 16.0 Å². The van der Waals surface area contributed by atoms with Crippen molar-refractivity contribution >= 4 is 17.5 Å². The largest absolute Gasteiger partial charge is 0.381 e. The van der Waals surface area contributed by atoms with E-state index in [4.69, 9.17) is 10.5 Å². The molecule has 0 bridgehead atoms. The van der Waals surface area contributed by atoms with Crippen molar-refractivity contribution in [1.29, 1.82) is 0 Å². The van der Waals surface area contributed by atoms with Gasteiger partial charge < -0.3 is 15.8 Å². The van der Waals surface area contributed by atoms with Crippen LogP contribution in [0.4, 0.5) is 5.69 Å². The number of carbonyl (C=O) groups is 2. The highest BCUT2D eigenvalue weighted by Crippen LogP contribution is 2.20.